The lowest BCUT2D eigenvalue weighted by Gasteiger charge is -2.15. The Kier molecular flexibility index (Phi) is 3.09. The third kappa shape index (κ3) is 2.34. The molecule has 2 unspecified atom stereocenters. The Balaban J connectivity index is 2.83. The summed E-state index contributed by atoms with van der Waals surface area (Å²) in [6.07, 6.45) is 8.06. The quantitative estimate of drug-likeness (QED) is 0.467. The number of aliphatic imine (C=N–C) groups is 2. The van der Waals surface area contributed by atoms with E-state index < -0.39 is 0 Å². The van der Waals surface area contributed by atoms with Crippen LogP contribution in [0.15, 0.2) is 33.9 Å². The molecule has 0 saturated heterocycles. The normalized spacial score (nSPS) is 25.5. The molecule has 0 fully saturated rings. The van der Waals surface area contributed by atoms with Crippen LogP contribution in [0.4, 0.5) is 0 Å². The van der Waals surface area contributed by atoms with E-state index in [2.05, 4.69) is 9.98 Å². The predicted octanol–water partition coefficient (Wildman–Crippen LogP) is 1.12. The van der Waals surface area contributed by atoms with Crippen molar-refractivity contribution in [2.75, 3.05) is 0 Å². The molecule has 0 spiro atoms. The number of allylic oxidation sites excluding steroid dienone is 1. The third-order valence-electron chi connectivity index (χ3n) is 1.81. The van der Waals surface area contributed by atoms with Gasteiger partial charge in [0, 0.05) is 5.92 Å². The van der Waals surface area contributed by atoms with Gasteiger partial charge in [-0.05, 0) is 6.08 Å². The van der Waals surface area contributed by atoms with Gasteiger partial charge in [-0.1, -0.05) is 19.1 Å². The Morgan fingerprint density at radius 2 is 2.15 bits per heavy atom. The summed E-state index contributed by atoms with van der Waals surface area (Å²) in [6.45, 7) is 1.88. The molecule has 0 radical (unpaired) electrons. The molecule has 4 nitrogen and oxygen atoms in total. The summed E-state index contributed by atoms with van der Waals surface area (Å²) in [5.41, 5.74) is 0.555. The molecule has 0 heterocycles. The fourth-order valence-corrected chi connectivity index (χ4v) is 1.14. The fraction of sp³-hybridized carbons (Fsp3) is 0.333. The molecule has 0 aliphatic heterocycles. The molecule has 0 amide bonds. The van der Waals surface area contributed by atoms with Crippen molar-refractivity contribution < 1.29 is 9.59 Å². The van der Waals surface area contributed by atoms with E-state index in [0.29, 0.717) is 5.70 Å². The zero-order valence-electron chi connectivity index (χ0n) is 7.10. The van der Waals surface area contributed by atoms with Gasteiger partial charge < -0.3 is 0 Å². The molecule has 0 N–H and O–H groups in total. The van der Waals surface area contributed by atoms with Crippen molar-refractivity contribution in [2.24, 2.45) is 15.9 Å². The summed E-state index contributed by atoms with van der Waals surface area (Å²) in [6, 6.07) is -0.192. The van der Waals surface area contributed by atoms with Gasteiger partial charge in [0.15, 0.2) is 0 Å². The first-order valence-corrected chi connectivity index (χ1v) is 3.83. The van der Waals surface area contributed by atoms with Gasteiger partial charge in [0.05, 0.1) is 11.7 Å². The Labute approximate surface area is 75.4 Å². The first kappa shape index (κ1) is 9.33. The van der Waals surface area contributed by atoms with Crippen LogP contribution in [-0.4, -0.2) is 18.2 Å². The van der Waals surface area contributed by atoms with Crippen molar-refractivity contribution in [1.29, 1.82) is 0 Å². The highest BCUT2D eigenvalue weighted by Gasteiger charge is 2.15. The summed E-state index contributed by atoms with van der Waals surface area (Å²) in [5.74, 6) is 0.0542. The maximum atomic E-state index is 9.99. The van der Waals surface area contributed by atoms with Gasteiger partial charge in [0.1, 0.15) is 0 Å². The van der Waals surface area contributed by atoms with Crippen LogP contribution in [0.3, 0.4) is 0 Å². The van der Waals surface area contributed by atoms with Gasteiger partial charge in [-0.15, -0.1) is 0 Å². The van der Waals surface area contributed by atoms with Gasteiger partial charge in [-0.25, -0.2) is 9.59 Å². The zero-order chi connectivity index (χ0) is 9.68. The van der Waals surface area contributed by atoms with E-state index >= 15 is 0 Å². The van der Waals surface area contributed by atoms with Crippen LogP contribution < -0.4 is 0 Å². The van der Waals surface area contributed by atoms with E-state index in [4.69, 9.17) is 0 Å². The molecule has 13 heavy (non-hydrogen) atoms. The minimum Gasteiger partial charge on any atom is -0.211 e. The number of isocyanates is 2. The second kappa shape index (κ2) is 4.31. The average molecular weight is 176 g/mol. The molecule has 4 heteroatoms. The highest BCUT2D eigenvalue weighted by Crippen LogP contribution is 2.19. The number of carbonyl (C=O) groups excluding carboxylic acids is 2. The van der Waals surface area contributed by atoms with Crippen LogP contribution in [0.5, 0.6) is 0 Å². The largest absolute Gasteiger partial charge is 0.240 e. The van der Waals surface area contributed by atoms with Crippen molar-refractivity contribution in [2.45, 2.75) is 13.0 Å². The highest BCUT2D eigenvalue weighted by molar-refractivity contribution is 5.42. The standard InChI is InChI=1S/C9H8N2O2/c1-7-4-8(10-5-12)2-3-9(7)11-6-13/h2-4,7,9H,1H3. The minimum atomic E-state index is -0.192. The second-order valence-corrected chi connectivity index (χ2v) is 2.72. The summed E-state index contributed by atoms with van der Waals surface area (Å²) in [7, 11) is 0. The van der Waals surface area contributed by atoms with Gasteiger partial charge in [-0.3, -0.25) is 0 Å². The highest BCUT2D eigenvalue weighted by atomic mass is 16.1. The van der Waals surface area contributed by atoms with Crippen molar-refractivity contribution in [1.82, 2.24) is 0 Å². The Morgan fingerprint density at radius 1 is 1.38 bits per heavy atom. The molecule has 66 valence electrons. The molecule has 1 rings (SSSR count). The number of nitrogens with zero attached hydrogens (tertiary/aromatic N) is 2. The molecule has 0 aromatic heterocycles. The van der Waals surface area contributed by atoms with Crippen LogP contribution in [0.2, 0.25) is 0 Å². The van der Waals surface area contributed by atoms with Crippen molar-refractivity contribution in [3.63, 3.8) is 0 Å². The third-order valence-corrected chi connectivity index (χ3v) is 1.81. The zero-order valence-corrected chi connectivity index (χ0v) is 7.10. The first-order chi connectivity index (χ1) is 6.27. The predicted molar refractivity (Wildman–Crippen MR) is 46.4 cm³/mol. The molecular formula is C9H8N2O2. The summed E-state index contributed by atoms with van der Waals surface area (Å²) < 4.78 is 0. The van der Waals surface area contributed by atoms with Gasteiger partial charge in [-0.2, -0.15) is 9.98 Å². The van der Waals surface area contributed by atoms with E-state index in [9.17, 15) is 9.59 Å². The topological polar surface area (TPSA) is 58.9 Å². The van der Waals surface area contributed by atoms with E-state index in [1.807, 2.05) is 6.92 Å². The summed E-state index contributed by atoms with van der Waals surface area (Å²) in [4.78, 5) is 27.0. The molecule has 0 saturated carbocycles. The lowest BCUT2D eigenvalue weighted by atomic mass is 9.96. The molecule has 1 aliphatic rings. The number of hydrogen-bond donors (Lipinski definition) is 0. The van der Waals surface area contributed by atoms with E-state index in [1.165, 1.54) is 12.2 Å². The van der Waals surface area contributed by atoms with Crippen LogP contribution in [0.25, 0.3) is 0 Å². The molecule has 2 atom stereocenters. The van der Waals surface area contributed by atoms with Crippen LogP contribution >= 0.6 is 0 Å². The van der Waals surface area contributed by atoms with Crippen molar-refractivity contribution in [3.05, 3.63) is 23.9 Å². The summed E-state index contributed by atoms with van der Waals surface area (Å²) in [5, 5.41) is 0. The molecular weight excluding hydrogens is 168 g/mol. The number of rotatable bonds is 2. The van der Waals surface area contributed by atoms with Gasteiger partial charge in [0.2, 0.25) is 12.2 Å². The fourth-order valence-electron chi connectivity index (χ4n) is 1.14. The van der Waals surface area contributed by atoms with E-state index in [-0.39, 0.29) is 12.0 Å². The van der Waals surface area contributed by atoms with E-state index in [0.717, 1.165) is 0 Å². The molecule has 0 aromatic carbocycles. The Hall–Kier alpha value is -1.76. The van der Waals surface area contributed by atoms with E-state index in [1.54, 1.807) is 18.2 Å². The lowest BCUT2D eigenvalue weighted by Crippen LogP contribution is -2.13. The monoisotopic (exact) mass is 176 g/mol. The van der Waals surface area contributed by atoms with Crippen LogP contribution in [-0.2, 0) is 9.59 Å². The minimum absolute atomic E-state index is 0.0542. The first-order valence-electron chi connectivity index (χ1n) is 3.83. The second-order valence-electron chi connectivity index (χ2n) is 2.72. The average Bonchev–Trinajstić information content (AvgIpc) is 2.10. The Bertz CT molecular complexity index is 345. The van der Waals surface area contributed by atoms with Crippen LogP contribution in [0, 0.1) is 5.92 Å². The smallest absolute Gasteiger partial charge is 0.211 e. The van der Waals surface area contributed by atoms with Crippen molar-refractivity contribution >= 4 is 12.2 Å². The maximum Gasteiger partial charge on any atom is 0.240 e. The van der Waals surface area contributed by atoms with Gasteiger partial charge in [0.25, 0.3) is 0 Å². The Morgan fingerprint density at radius 3 is 2.69 bits per heavy atom. The molecule has 1 aliphatic carbocycles. The van der Waals surface area contributed by atoms with Crippen LogP contribution in [0.1, 0.15) is 6.92 Å². The number of hydrogen-bond acceptors (Lipinski definition) is 4. The summed E-state index contributed by atoms with van der Waals surface area (Å²) >= 11 is 0. The molecule has 0 aromatic rings. The van der Waals surface area contributed by atoms with Gasteiger partial charge >= 0.3 is 0 Å². The SMILES string of the molecule is CC1C=C(N=C=O)C=CC1N=C=O. The lowest BCUT2D eigenvalue weighted by molar-refractivity contribution is 0.550. The maximum absolute atomic E-state index is 9.99. The van der Waals surface area contributed by atoms with Crippen molar-refractivity contribution in [3.8, 4) is 0 Å². The molecule has 0 bridgehead atoms.